The topological polar surface area (TPSA) is 141 Å². The molecule has 0 aliphatic heterocycles. The molecule has 4 N–H and O–H groups in total. The smallest absolute Gasteiger partial charge is 0.202 e. The average Bonchev–Trinajstić information content (AvgIpc) is 2.86. The Morgan fingerprint density at radius 1 is 1.03 bits per heavy atom. The molecule has 8 heteroatoms. The van der Waals surface area contributed by atoms with Gasteiger partial charge in [0.2, 0.25) is 5.78 Å². The third kappa shape index (κ3) is 3.86. The molecule has 33 heavy (non-hydrogen) atoms. The molecule has 0 radical (unpaired) electrons. The van der Waals surface area contributed by atoms with Gasteiger partial charge in [-0.1, -0.05) is 26.0 Å². The van der Waals surface area contributed by atoms with Crippen LogP contribution in [0.2, 0.25) is 0 Å². The third-order valence-electron chi connectivity index (χ3n) is 5.75. The highest BCUT2D eigenvalue weighted by molar-refractivity contribution is 6.31. The van der Waals surface area contributed by atoms with Crippen LogP contribution in [0.1, 0.15) is 63.2 Å². The molecule has 2 aromatic carbocycles. The van der Waals surface area contributed by atoms with Crippen LogP contribution >= 0.6 is 0 Å². The minimum atomic E-state index is -1.93. The molecule has 1 atom stereocenters. The van der Waals surface area contributed by atoms with Crippen molar-refractivity contribution in [1.82, 2.24) is 0 Å². The Labute approximate surface area is 191 Å². The van der Waals surface area contributed by atoms with Crippen molar-refractivity contribution >= 4 is 17.3 Å². The molecule has 0 aromatic heterocycles. The summed E-state index contributed by atoms with van der Waals surface area (Å²) < 4.78 is 5.18. The van der Waals surface area contributed by atoms with Gasteiger partial charge in [-0.25, -0.2) is 0 Å². The number of aromatic hydroxyl groups is 2. The van der Waals surface area contributed by atoms with Gasteiger partial charge in [0.05, 0.1) is 23.8 Å². The van der Waals surface area contributed by atoms with Crippen molar-refractivity contribution in [3.8, 4) is 30.1 Å². The zero-order valence-corrected chi connectivity index (χ0v) is 18.6. The maximum absolute atomic E-state index is 13.1. The first-order valence-electron chi connectivity index (χ1n) is 10.3. The SMILES string of the molecule is C#C.CC.COc1cccc2c1C(=O)c1c(O)c3c(c(O)c1C2=O)C[C@@](O)(C(=O)CO)CC3. The van der Waals surface area contributed by atoms with Gasteiger partial charge in [0.15, 0.2) is 11.6 Å². The first-order chi connectivity index (χ1) is 15.7. The third-order valence-corrected chi connectivity index (χ3v) is 5.75. The number of hydrogen-bond acceptors (Lipinski definition) is 8. The summed E-state index contributed by atoms with van der Waals surface area (Å²) in [6.07, 6.45) is 7.48. The van der Waals surface area contributed by atoms with E-state index >= 15 is 0 Å². The lowest BCUT2D eigenvalue weighted by Crippen LogP contribution is -2.45. The molecule has 0 fully saturated rings. The maximum atomic E-state index is 13.1. The number of rotatable bonds is 3. The Bertz CT molecular complexity index is 1150. The Morgan fingerprint density at radius 3 is 2.18 bits per heavy atom. The fourth-order valence-electron chi connectivity index (χ4n) is 4.21. The molecule has 174 valence electrons. The van der Waals surface area contributed by atoms with Crippen molar-refractivity contribution in [1.29, 1.82) is 0 Å². The van der Waals surface area contributed by atoms with Gasteiger partial charge in [-0.05, 0) is 18.9 Å². The van der Waals surface area contributed by atoms with Crippen LogP contribution in [0.4, 0.5) is 0 Å². The van der Waals surface area contributed by atoms with Crippen LogP contribution in [0.15, 0.2) is 18.2 Å². The summed E-state index contributed by atoms with van der Waals surface area (Å²) in [5, 5.41) is 41.3. The molecule has 2 aromatic rings. The number of ether oxygens (including phenoxy) is 1. The molecule has 8 nitrogen and oxygen atoms in total. The van der Waals surface area contributed by atoms with Crippen molar-refractivity contribution in [2.24, 2.45) is 0 Å². The highest BCUT2D eigenvalue weighted by Crippen LogP contribution is 2.48. The Morgan fingerprint density at radius 2 is 1.61 bits per heavy atom. The van der Waals surface area contributed by atoms with Crippen molar-refractivity contribution in [2.45, 2.75) is 38.7 Å². The molecular formula is C25H26O8. The van der Waals surface area contributed by atoms with Gasteiger partial charge in [0.1, 0.15) is 29.5 Å². The highest BCUT2D eigenvalue weighted by Gasteiger charge is 2.45. The van der Waals surface area contributed by atoms with Gasteiger partial charge in [-0.15, -0.1) is 12.8 Å². The average molecular weight is 454 g/mol. The summed E-state index contributed by atoms with van der Waals surface area (Å²) in [7, 11) is 1.35. The molecule has 2 aliphatic carbocycles. The Balaban J connectivity index is 0.000000914. The number of hydrogen-bond donors (Lipinski definition) is 4. The second-order valence-electron chi connectivity index (χ2n) is 7.24. The predicted octanol–water partition coefficient (Wildman–Crippen LogP) is 1.94. The Kier molecular flexibility index (Phi) is 7.64. The van der Waals surface area contributed by atoms with E-state index in [9.17, 15) is 29.7 Å². The molecular weight excluding hydrogens is 428 g/mol. The minimum Gasteiger partial charge on any atom is -0.507 e. The summed E-state index contributed by atoms with van der Waals surface area (Å²) in [5.41, 5.74) is -2.38. The van der Waals surface area contributed by atoms with Gasteiger partial charge in [0, 0.05) is 23.1 Å². The first-order valence-corrected chi connectivity index (χ1v) is 10.3. The normalized spacial score (nSPS) is 17.8. The summed E-state index contributed by atoms with van der Waals surface area (Å²) in [6, 6.07) is 4.47. The second-order valence-corrected chi connectivity index (χ2v) is 7.24. The lowest BCUT2D eigenvalue weighted by atomic mass is 9.73. The van der Waals surface area contributed by atoms with Gasteiger partial charge in [-0.2, -0.15) is 0 Å². The molecule has 0 unspecified atom stereocenters. The molecule has 0 heterocycles. The van der Waals surface area contributed by atoms with E-state index in [1.807, 2.05) is 13.8 Å². The zero-order valence-electron chi connectivity index (χ0n) is 18.6. The summed E-state index contributed by atoms with van der Waals surface area (Å²) in [4.78, 5) is 38.2. The number of carbonyl (C=O) groups excluding carboxylic acids is 3. The van der Waals surface area contributed by atoms with E-state index in [0.29, 0.717) is 0 Å². The lowest BCUT2D eigenvalue weighted by Gasteiger charge is -2.34. The van der Waals surface area contributed by atoms with E-state index in [0.717, 1.165) is 0 Å². The number of aliphatic hydroxyl groups is 2. The lowest BCUT2D eigenvalue weighted by molar-refractivity contribution is -0.141. The standard InChI is InChI=1S/C21H18O8.C2H6.C2H2/c1-29-12-4-2-3-10-14(12)20(27)16-15(18(10)25)19(26)11-7-21(28,13(23)8-22)6-5-9(11)17(16)24;2*1-2/h2-4,22,24,26,28H,5-8H2,1H3;1-2H3;1-2H/t21-;;/m1../s1. The maximum Gasteiger partial charge on any atom is 0.202 e. The molecule has 0 bridgehead atoms. The largest absolute Gasteiger partial charge is 0.507 e. The van der Waals surface area contributed by atoms with Crippen molar-refractivity contribution in [2.75, 3.05) is 13.7 Å². The molecule has 0 saturated carbocycles. The van der Waals surface area contributed by atoms with Crippen LogP contribution in [0.3, 0.4) is 0 Å². The van der Waals surface area contributed by atoms with E-state index in [-0.39, 0.29) is 58.4 Å². The van der Waals surface area contributed by atoms with E-state index in [1.165, 1.54) is 25.3 Å². The van der Waals surface area contributed by atoms with Crippen LogP contribution < -0.4 is 4.74 Å². The number of terminal acetylenes is 1. The number of aliphatic hydroxyl groups excluding tert-OH is 1. The highest BCUT2D eigenvalue weighted by atomic mass is 16.5. The fourth-order valence-corrected chi connectivity index (χ4v) is 4.21. The number of benzene rings is 2. The molecule has 0 spiro atoms. The van der Waals surface area contributed by atoms with Crippen LogP contribution in [-0.4, -0.2) is 57.1 Å². The monoisotopic (exact) mass is 454 g/mol. The van der Waals surface area contributed by atoms with Crippen LogP contribution in [0.25, 0.3) is 0 Å². The van der Waals surface area contributed by atoms with E-state index in [2.05, 4.69) is 12.8 Å². The van der Waals surface area contributed by atoms with Gasteiger partial charge >= 0.3 is 0 Å². The Hall–Kier alpha value is -3.67. The molecule has 0 amide bonds. The van der Waals surface area contributed by atoms with Crippen molar-refractivity contribution in [3.05, 3.63) is 51.6 Å². The predicted molar refractivity (Wildman–Crippen MR) is 120 cm³/mol. The summed E-state index contributed by atoms with van der Waals surface area (Å²) >= 11 is 0. The van der Waals surface area contributed by atoms with Gasteiger partial charge < -0.3 is 25.2 Å². The van der Waals surface area contributed by atoms with Crippen molar-refractivity contribution in [3.63, 3.8) is 0 Å². The molecule has 4 rings (SSSR count). The number of methoxy groups -OCH3 is 1. The van der Waals surface area contributed by atoms with E-state index in [4.69, 9.17) is 9.84 Å². The molecule has 2 aliphatic rings. The number of ketones is 3. The van der Waals surface area contributed by atoms with E-state index < -0.39 is 41.1 Å². The first kappa shape index (κ1) is 25.6. The van der Waals surface area contributed by atoms with Crippen molar-refractivity contribution < 1.29 is 39.5 Å². The zero-order chi connectivity index (χ0) is 25.1. The van der Waals surface area contributed by atoms with Gasteiger partial charge in [0.25, 0.3) is 0 Å². The van der Waals surface area contributed by atoms with Crippen LogP contribution in [-0.2, 0) is 17.6 Å². The van der Waals surface area contributed by atoms with Crippen LogP contribution in [0, 0.1) is 12.8 Å². The minimum absolute atomic E-state index is 0.00456. The molecule has 0 saturated heterocycles. The number of fused-ring (bicyclic) bond motifs is 3. The second kappa shape index (κ2) is 9.86. The number of phenolic OH excluding ortho intramolecular Hbond substituents is 2. The van der Waals surface area contributed by atoms with E-state index in [1.54, 1.807) is 0 Å². The number of Topliss-reactive ketones (excluding diaryl/α,β-unsaturated/α-hetero) is 1. The fraction of sp³-hybridized carbons (Fsp3) is 0.320. The quantitative estimate of drug-likeness (QED) is 0.348. The van der Waals surface area contributed by atoms with Crippen LogP contribution in [0.5, 0.6) is 17.2 Å². The summed E-state index contributed by atoms with van der Waals surface area (Å²) in [5.74, 6) is -2.99. The summed E-state index contributed by atoms with van der Waals surface area (Å²) in [6.45, 7) is 3.12. The van der Waals surface area contributed by atoms with Gasteiger partial charge in [-0.3, -0.25) is 14.4 Å². The number of phenols is 2. The number of carbonyl (C=O) groups is 3.